The van der Waals surface area contributed by atoms with Crippen molar-refractivity contribution in [2.45, 2.75) is 23.3 Å². The van der Waals surface area contributed by atoms with Gasteiger partial charge in [-0.15, -0.1) is 0 Å². The summed E-state index contributed by atoms with van der Waals surface area (Å²) in [7, 11) is -3.67. The number of nitrogens with zero attached hydrogens (tertiary/aromatic N) is 1. The van der Waals surface area contributed by atoms with Gasteiger partial charge < -0.3 is 9.84 Å². The minimum absolute atomic E-state index is 0.0741. The van der Waals surface area contributed by atoms with Gasteiger partial charge in [0.25, 0.3) is 0 Å². The summed E-state index contributed by atoms with van der Waals surface area (Å²) in [6.45, 7) is 0.493. The fourth-order valence-electron chi connectivity index (χ4n) is 1.93. The first-order chi connectivity index (χ1) is 9.45. The fraction of sp³-hybridized carbons (Fsp3) is 0.462. The maximum atomic E-state index is 12.1. The highest BCUT2D eigenvalue weighted by atomic mass is 32.2. The second-order valence-electron chi connectivity index (χ2n) is 4.83. The smallest absolute Gasteiger partial charge is 0.240 e. The monoisotopic (exact) mass is 296 g/mol. The Morgan fingerprint density at radius 2 is 2.10 bits per heavy atom. The standard InChI is InChI=1S/C13H16N2O4S/c14-7-5-11-1-3-12(4-2-11)20(17,18)15-9-13(16)6-8-19-10-13/h1-4,15-16H,5-6,8-10H2. The molecule has 0 amide bonds. The molecule has 1 aromatic rings. The molecule has 7 heteroatoms. The van der Waals surface area contributed by atoms with Crippen LogP contribution in [0.2, 0.25) is 0 Å². The van der Waals surface area contributed by atoms with Crippen molar-refractivity contribution in [3.8, 4) is 6.07 Å². The average Bonchev–Trinajstić information content (AvgIpc) is 2.85. The van der Waals surface area contributed by atoms with Gasteiger partial charge in [-0.3, -0.25) is 0 Å². The number of nitrogens with one attached hydrogen (secondary N) is 1. The van der Waals surface area contributed by atoms with E-state index in [2.05, 4.69) is 4.72 Å². The Balaban J connectivity index is 2.04. The molecule has 1 heterocycles. The predicted molar refractivity (Wildman–Crippen MR) is 71.3 cm³/mol. The zero-order valence-corrected chi connectivity index (χ0v) is 11.7. The lowest BCUT2D eigenvalue weighted by atomic mass is 10.1. The first kappa shape index (κ1) is 14.9. The van der Waals surface area contributed by atoms with E-state index in [1.54, 1.807) is 12.1 Å². The molecule has 1 fully saturated rings. The number of aliphatic hydroxyl groups is 1. The normalized spacial score (nSPS) is 22.6. The van der Waals surface area contributed by atoms with Crippen LogP contribution in [0, 0.1) is 11.3 Å². The molecule has 1 saturated heterocycles. The lowest BCUT2D eigenvalue weighted by Crippen LogP contribution is -2.43. The van der Waals surface area contributed by atoms with Gasteiger partial charge in [-0.1, -0.05) is 12.1 Å². The number of rotatable bonds is 5. The molecule has 0 bridgehead atoms. The second-order valence-corrected chi connectivity index (χ2v) is 6.60. The Morgan fingerprint density at radius 1 is 1.40 bits per heavy atom. The van der Waals surface area contributed by atoms with Crippen molar-refractivity contribution in [1.82, 2.24) is 4.72 Å². The van der Waals surface area contributed by atoms with Gasteiger partial charge in [-0.25, -0.2) is 13.1 Å². The van der Waals surface area contributed by atoms with Crippen LogP contribution in [0.3, 0.4) is 0 Å². The molecular weight excluding hydrogens is 280 g/mol. The highest BCUT2D eigenvalue weighted by molar-refractivity contribution is 7.89. The highest BCUT2D eigenvalue weighted by Crippen LogP contribution is 2.18. The Hall–Kier alpha value is -1.46. The van der Waals surface area contributed by atoms with Crippen LogP contribution in [0.1, 0.15) is 12.0 Å². The molecule has 0 aliphatic carbocycles. The van der Waals surface area contributed by atoms with Crippen molar-refractivity contribution in [1.29, 1.82) is 5.26 Å². The quantitative estimate of drug-likeness (QED) is 0.807. The van der Waals surface area contributed by atoms with Gasteiger partial charge >= 0.3 is 0 Å². The summed E-state index contributed by atoms with van der Waals surface area (Å²) in [5, 5.41) is 18.6. The minimum Gasteiger partial charge on any atom is -0.386 e. The molecule has 2 N–H and O–H groups in total. The number of sulfonamides is 1. The third-order valence-corrected chi connectivity index (χ3v) is 4.61. The van der Waals surface area contributed by atoms with E-state index in [-0.39, 0.29) is 24.5 Å². The van der Waals surface area contributed by atoms with Gasteiger partial charge in [0.15, 0.2) is 0 Å². The van der Waals surface area contributed by atoms with Crippen molar-refractivity contribution >= 4 is 10.0 Å². The molecule has 0 radical (unpaired) electrons. The van der Waals surface area contributed by atoms with E-state index in [0.29, 0.717) is 13.0 Å². The van der Waals surface area contributed by atoms with Crippen LogP contribution in [-0.2, 0) is 21.2 Å². The van der Waals surface area contributed by atoms with Gasteiger partial charge in [-0.2, -0.15) is 5.26 Å². The first-order valence-electron chi connectivity index (χ1n) is 6.21. The summed E-state index contributed by atoms with van der Waals surface area (Å²) in [6, 6.07) is 8.10. The molecule has 6 nitrogen and oxygen atoms in total. The van der Waals surface area contributed by atoms with Crippen LogP contribution in [0.25, 0.3) is 0 Å². The second kappa shape index (κ2) is 5.89. The highest BCUT2D eigenvalue weighted by Gasteiger charge is 2.33. The van der Waals surface area contributed by atoms with Crippen LogP contribution >= 0.6 is 0 Å². The van der Waals surface area contributed by atoms with Crippen LogP contribution in [0.4, 0.5) is 0 Å². The third-order valence-electron chi connectivity index (χ3n) is 3.19. The largest absolute Gasteiger partial charge is 0.386 e. The first-order valence-corrected chi connectivity index (χ1v) is 7.69. The maximum absolute atomic E-state index is 12.1. The van der Waals surface area contributed by atoms with Crippen molar-refractivity contribution in [2.24, 2.45) is 0 Å². The molecule has 0 aromatic heterocycles. The zero-order valence-electron chi connectivity index (χ0n) is 10.9. The predicted octanol–water partition coefficient (Wildman–Crippen LogP) is 0.182. The van der Waals surface area contributed by atoms with Crippen molar-refractivity contribution in [3.63, 3.8) is 0 Å². The fourth-order valence-corrected chi connectivity index (χ4v) is 3.05. The Labute approximate surface area is 118 Å². The SMILES string of the molecule is N#CCc1ccc(S(=O)(=O)NCC2(O)CCOC2)cc1. The summed E-state index contributed by atoms with van der Waals surface area (Å²) >= 11 is 0. The lowest BCUT2D eigenvalue weighted by Gasteiger charge is -2.20. The average molecular weight is 296 g/mol. The van der Waals surface area contributed by atoms with Gasteiger partial charge in [0, 0.05) is 19.6 Å². The molecule has 1 atom stereocenters. The Bertz CT molecular complexity index is 598. The number of benzene rings is 1. The van der Waals surface area contributed by atoms with Crippen LogP contribution in [0.5, 0.6) is 0 Å². The molecule has 0 saturated carbocycles. The van der Waals surface area contributed by atoms with Crippen LogP contribution in [0.15, 0.2) is 29.2 Å². The number of hydrogen-bond acceptors (Lipinski definition) is 5. The summed E-state index contributed by atoms with van der Waals surface area (Å²) in [6.07, 6.45) is 0.654. The maximum Gasteiger partial charge on any atom is 0.240 e. The molecule has 0 spiro atoms. The Morgan fingerprint density at radius 3 is 2.65 bits per heavy atom. The van der Waals surface area contributed by atoms with Crippen LogP contribution < -0.4 is 4.72 Å². The van der Waals surface area contributed by atoms with E-state index in [9.17, 15) is 13.5 Å². The van der Waals surface area contributed by atoms with E-state index in [1.165, 1.54) is 12.1 Å². The zero-order chi connectivity index (χ0) is 14.6. The summed E-state index contributed by atoms with van der Waals surface area (Å²) in [5.74, 6) is 0. The number of nitriles is 1. The van der Waals surface area contributed by atoms with E-state index in [4.69, 9.17) is 10.00 Å². The lowest BCUT2D eigenvalue weighted by molar-refractivity contribution is 0.0314. The van der Waals surface area contributed by atoms with Gasteiger partial charge in [-0.05, 0) is 17.7 Å². The molecular formula is C13H16N2O4S. The van der Waals surface area contributed by atoms with Gasteiger partial charge in [0.1, 0.15) is 5.60 Å². The number of ether oxygens (including phenoxy) is 1. The molecule has 108 valence electrons. The molecule has 1 aliphatic rings. The van der Waals surface area contributed by atoms with E-state index in [1.807, 2.05) is 6.07 Å². The number of hydrogen-bond donors (Lipinski definition) is 2. The van der Waals surface area contributed by atoms with Crippen molar-refractivity contribution in [2.75, 3.05) is 19.8 Å². The molecule has 1 aromatic carbocycles. The van der Waals surface area contributed by atoms with Crippen LogP contribution in [-0.4, -0.2) is 38.9 Å². The molecule has 20 heavy (non-hydrogen) atoms. The van der Waals surface area contributed by atoms with Gasteiger partial charge in [0.05, 0.1) is 24.0 Å². The minimum atomic E-state index is -3.67. The Kier molecular flexibility index (Phi) is 4.40. The summed E-state index contributed by atoms with van der Waals surface area (Å²) < 4.78 is 31.6. The van der Waals surface area contributed by atoms with Gasteiger partial charge in [0.2, 0.25) is 10.0 Å². The van der Waals surface area contributed by atoms with Crippen molar-refractivity contribution < 1.29 is 18.3 Å². The van der Waals surface area contributed by atoms with E-state index in [0.717, 1.165) is 5.56 Å². The third kappa shape index (κ3) is 3.55. The molecule has 2 rings (SSSR count). The molecule has 1 unspecified atom stereocenters. The summed E-state index contributed by atoms with van der Waals surface area (Å²) in [4.78, 5) is 0.113. The van der Waals surface area contributed by atoms with E-state index < -0.39 is 15.6 Å². The summed E-state index contributed by atoms with van der Waals surface area (Å²) in [5.41, 5.74) is -0.373. The van der Waals surface area contributed by atoms with Crippen molar-refractivity contribution in [3.05, 3.63) is 29.8 Å². The van der Waals surface area contributed by atoms with E-state index >= 15 is 0 Å². The molecule has 1 aliphatic heterocycles. The topological polar surface area (TPSA) is 99.4 Å².